The number of carbonyl (C=O) groups excluding carboxylic acids is 15. The van der Waals surface area contributed by atoms with E-state index >= 15 is 24.0 Å². The number of aromatic nitrogens is 1. The lowest BCUT2D eigenvalue weighted by Crippen LogP contribution is -2.63. The number of unbranched alkanes of at least 4 members (excludes halogenated alkanes) is 1. The maximum atomic E-state index is 15.5. The third-order valence-corrected chi connectivity index (χ3v) is 22.7. The third-order valence-electron chi connectivity index (χ3n) is 22.0. The molecule has 3 aliphatic heterocycles. The predicted molar refractivity (Wildman–Crippen MR) is 453 cm³/mol. The normalized spacial score (nSPS) is 25.3. The molecule has 37 heteroatoms. The summed E-state index contributed by atoms with van der Waals surface area (Å²) in [5.41, 5.74) is 2.28. The van der Waals surface area contributed by atoms with Crippen molar-refractivity contribution in [1.29, 1.82) is 0 Å². The molecule has 0 spiro atoms. The summed E-state index contributed by atoms with van der Waals surface area (Å²) >= 11 is 1.37. The van der Waals surface area contributed by atoms with Gasteiger partial charge in [0.2, 0.25) is 82.7 Å². The number of phenolic OH excluding ortho intramolecular Hbond substituents is 1. The van der Waals surface area contributed by atoms with Crippen LogP contribution in [0.15, 0.2) is 85.1 Å². The number of hydrogen-bond donors (Lipinski definition) is 16. The molecule has 15 amide bonds. The van der Waals surface area contributed by atoms with Crippen molar-refractivity contribution >= 4 is 111 Å². The van der Waals surface area contributed by atoms with E-state index in [9.17, 15) is 71.3 Å². The average Bonchev–Trinajstić information content (AvgIpc) is 1.64. The second-order valence-electron chi connectivity index (χ2n) is 33.9. The zero-order valence-corrected chi connectivity index (χ0v) is 72.9. The number of para-hydroxylation sites is 1. The largest absolute Gasteiger partial charge is 0.508 e. The van der Waals surface area contributed by atoms with Gasteiger partial charge in [-0.15, -0.1) is 0 Å². The van der Waals surface area contributed by atoms with Crippen molar-refractivity contribution in [3.8, 4) is 5.75 Å². The van der Waals surface area contributed by atoms with Crippen molar-refractivity contribution in [3.05, 3.63) is 102 Å². The minimum atomic E-state index is -5.22. The van der Waals surface area contributed by atoms with Crippen LogP contribution in [-0.4, -0.2) is 243 Å². The number of rotatable bonds is 22. The van der Waals surface area contributed by atoms with Gasteiger partial charge in [0.25, 0.3) is 0 Å². The number of fused-ring (bicyclic) bond motifs is 3. The van der Waals surface area contributed by atoms with Crippen LogP contribution < -0.4 is 69.1 Å². The number of aliphatic hydroxyl groups excluding tert-OH is 1. The van der Waals surface area contributed by atoms with Crippen LogP contribution in [0.25, 0.3) is 10.9 Å². The first-order chi connectivity index (χ1) is 58.1. The quantitative estimate of drug-likeness (QED) is 0.0503. The molecule has 0 saturated carbocycles. The number of amides is 15. The number of alkyl halides is 3. The van der Waals surface area contributed by atoms with Crippen LogP contribution in [0, 0.1) is 35.5 Å². The number of phenols is 1. The van der Waals surface area contributed by atoms with E-state index in [1.54, 1.807) is 123 Å². The van der Waals surface area contributed by atoms with E-state index < -0.39 is 222 Å². The Hall–Kier alpha value is -10.9. The molecule has 2 unspecified atom stereocenters. The fourth-order valence-corrected chi connectivity index (χ4v) is 15.5. The molecule has 676 valence electrons. The van der Waals surface area contributed by atoms with Gasteiger partial charge in [-0.05, 0) is 140 Å². The summed E-state index contributed by atoms with van der Waals surface area (Å²) in [6.45, 7) is 17.9. The molecule has 33 nitrogen and oxygen atoms in total. The van der Waals surface area contributed by atoms with Gasteiger partial charge in [-0.3, -0.25) is 71.9 Å². The Morgan fingerprint density at radius 1 is 0.447 bits per heavy atom. The molecule has 3 saturated heterocycles. The van der Waals surface area contributed by atoms with Crippen LogP contribution in [0.4, 0.5) is 13.2 Å². The van der Waals surface area contributed by atoms with Crippen molar-refractivity contribution in [3.63, 3.8) is 0 Å². The molecule has 7 rings (SSSR count). The Morgan fingerprint density at radius 2 is 0.846 bits per heavy atom. The Morgan fingerprint density at radius 3 is 1.35 bits per heavy atom. The SMILES string of the molecule is CSCC[C@@H]1NC(=O)[C@@H](C(C)C)NC(=O)[C@H](C(C)C)NC(=O)[C@H](Cc2ccc(O)cc2)NC(=O)[C@H](Cc2ccccc2)NC(=O)[C@H](C(C)C)NC(=O)[C@H](C(C)C)NC(=O)[C@H](CCCCNC(=O)C(F)(F)F)NC(=O)[C@H](C(C)C)NC(=O)[C@H](CO)NC(=O)[C@H](CC(C)C)NC(=O)C2CCCN2C(=O)C2CCCN2C(=O)[C@H](Cc2c[nH]c3ccccc23)NC1=O. The van der Waals surface area contributed by atoms with Crippen LogP contribution in [-0.2, 0) is 91.2 Å². The molecule has 1 aromatic heterocycles. The highest BCUT2D eigenvalue weighted by Crippen LogP contribution is 2.29. The number of benzene rings is 3. The van der Waals surface area contributed by atoms with Crippen molar-refractivity contribution in [1.82, 2.24) is 83.9 Å². The number of thioether (sulfide) groups is 1. The van der Waals surface area contributed by atoms with Gasteiger partial charge in [-0.1, -0.05) is 144 Å². The molecule has 4 aromatic rings. The first-order valence-electron chi connectivity index (χ1n) is 42.2. The number of carbonyl (C=O) groups is 15. The Kier molecular flexibility index (Phi) is 37.6. The maximum Gasteiger partial charge on any atom is 0.471 e. The molecule has 4 heterocycles. The van der Waals surface area contributed by atoms with E-state index in [-0.39, 0.29) is 89.0 Å². The minimum Gasteiger partial charge on any atom is -0.508 e. The van der Waals surface area contributed by atoms with Crippen LogP contribution in [0.2, 0.25) is 0 Å². The standard InChI is InChI=1S/C86H123F3N16O17S/c1-45(2)39-59-73(110)98-63(44-106)76(113)101-66(46(3)4)78(115)92-57(27-19-20-35-90-85(122)86(87,88)89)72(109)99-69(49(9)10)81(118)103-68(48(7)8)80(117)96-60(40-51-23-15-14-16-24-51)74(111)94-61(41-52-30-32-54(107)33-31-52)75(112)100-70(50(11)12)82(119)102-67(47(5)6)79(116)93-58(34-38-123-13)71(108)97-62(42-53-43-91-56-26-18-17-25-55(53)56)83(120)105-37-22-29-65(105)84(121)104-36-21-28-64(104)77(114)95-59/h14-18,23-26,30-33,43,45-50,57-70,91,106-107H,19-22,27-29,34-42,44H2,1-13H3,(H,90,122)(H,92,115)(H,93,116)(H,94,111)(H,95,114)(H,96,117)(H,97,108)(H,98,110)(H,99,109)(H,100,112)(H,101,113)(H,102,119)(H,103,118)/t57-,58-,59-,60-,61-,62-,63-,64?,65?,66-,67+,68-,69-,70-/m0/s1. The van der Waals surface area contributed by atoms with E-state index in [4.69, 9.17) is 0 Å². The van der Waals surface area contributed by atoms with Gasteiger partial charge >= 0.3 is 12.1 Å². The lowest BCUT2D eigenvalue weighted by Gasteiger charge is -2.34. The van der Waals surface area contributed by atoms with Gasteiger partial charge < -0.3 is 94.1 Å². The summed E-state index contributed by atoms with van der Waals surface area (Å²) < 4.78 is 39.7. The summed E-state index contributed by atoms with van der Waals surface area (Å²) in [5, 5.41) is 56.0. The number of nitrogens with one attached hydrogen (secondary N) is 14. The van der Waals surface area contributed by atoms with Gasteiger partial charge in [0.1, 0.15) is 90.3 Å². The highest BCUT2D eigenvalue weighted by molar-refractivity contribution is 7.98. The Balaban J connectivity index is 1.29. The summed E-state index contributed by atoms with van der Waals surface area (Å²) in [6.07, 6.45) is -2.06. The number of aromatic hydroxyl groups is 1. The number of H-pyrrole nitrogens is 1. The number of nitrogens with zero attached hydrogens (tertiary/aromatic N) is 2. The van der Waals surface area contributed by atoms with Gasteiger partial charge in [0.05, 0.1) is 6.61 Å². The Labute approximate surface area is 719 Å². The molecule has 0 aliphatic carbocycles. The number of aromatic amines is 1. The van der Waals surface area contributed by atoms with E-state index in [0.29, 0.717) is 35.3 Å². The smallest absolute Gasteiger partial charge is 0.471 e. The van der Waals surface area contributed by atoms with Gasteiger partial charge in [-0.25, -0.2) is 0 Å². The molecule has 123 heavy (non-hydrogen) atoms. The lowest BCUT2D eigenvalue weighted by atomic mass is 9.97. The van der Waals surface area contributed by atoms with Gasteiger partial charge in [0, 0.05) is 56.0 Å². The van der Waals surface area contributed by atoms with Crippen LogP contribution >= 0.6 is 11.8 Å². The monoisotopic (exact) mass is 1740 g/mol. The lowest BCUT2D eigenvalue weighted by molar-refractivity contribution is -0.173. The fourth-order valence-electron chi connectivity index (χ4n) is 15.1. The summed E-state index contributed by atoms with van der Waals surface area (Å²) in [6, 6.07) is 1.05. The van der Waals surface area contributed by atoms with Crippen molar-refractivity contribution in [2.75, 3.05) is 38.2 Å². The van der Waals surface area contributed by atoms with Crippen molar-refractivity contribution < 1.29 is 95.3 Å². The topological polar surface area (TPSA) is 475 Å². The predicted octanol–water partition coefficient (Wildman–Crippen LogP) is 2.63. The second-order valence-corrected chi connectivity index (χ2v) is 34.9. The molecular weight excluding hydrogens is 1620 g/mol. The highest BCUT2D eigenvalue weighted by Gasteiger charge is 2.47. The van der Waals surface area contributed by atoms with Crippen molar-refractivity contribution in [2.45, 2.75) is 251 Å². The Bertz CT molecular complexity index is 4340. The highest BCUT2D eigenvalue weighted by atomic mass is 32.2. The third kappa shape index (κ3) is 28.6. The first kappa shape index (κ1) is 99.3. The molecule has 0 radical (unpaired) electrons. The van der Waals surface area contributed by atoms with Crippen molar-refractivity contribution in [2.24, 2.45) is 35.5 Å². The van der Waals surface area contributed by atoms with E-state index in [1.807, 2.05) is 18.2 Å². The van der Waals surface area contributed by atoms with E-state index in [0.717, 1.165) is 10.9 Å². The van der Waals surface area contributed by atoms with Crippen LogP contribution in [0.3, 0.4) is 0 Å². The number of halogens is 3. The van der Waals surface area contributed by atoms with Gasteiger partial charge in [-0.2, -0.15) is 24.9 Å². The molecule has 3 fully saturated rings. The van der Waals surface area contributed by atoms with E-state index in [2.05, 4.69) is 68.8 Å². The van der Waals surface area contributed by atoms with Gasteiger partial charge in [0.15, 0.2) is 0 Å². The first-order valence-corrected chi connectivity index (χ1v) is 43.6. The zero-order chi connectivity index (χ0) is 90.9. The molecule has 16 N–H and O–H groups in total. The molecular formula is C86H123F3N16O17S. The zero-order valence-electron chi connectivity index (χ0n) is 72.1. The fraction of sp³-hybridized carbons (Fsp3) is 0.593. The average molecular weight is 1740 g/mol. The molecule has 3 aromatic carbocycles. The minimum absolute atomic E-state index is 0.0221. The molecule has 0 bridgehead atoms. The summed E-state index contributed by atoms with van der Waals surface area (Å²) in [5.74, 6) is -18.4. The summed E-state index contributed by atoms with van der Waals surface area (Å²) in [7, 11) is 0. The maximum absolute atomic E-state index is 15.5. The van der Waals surface area contributed by atoms with Crippen LogP contribution in [0.1, 0.15) is 158 Å². The molecule has 3 aliphatic rings. The second kappa shape index (κ2) is 46.6. The van der Waals surface area contributed by atoms with Crippen LogP contribution in [0.5, 0.6) is 5.75 Å². The molecule has 14 atom stereocenters. The number of aliphatic hydroxyl groups is 1. The summed E-state index contributed by atoms with van der Waals surface area (Å²) in [4.78, 5) is 226. The van der Waals surface area contributed by atoms with E-state index in [1.165, 1.54) is 59.7 Å². The number of hydrogen-bond acceptors (Lipinski definition) is 18.